The van der Waals surface area contributed by atoms with E-state index in [0.29, 0.717) is 11.4 Å². The van der Waals surface area contributed by atoms with Crippen molar-refractivity contribution in [3.63, 3.8) is 0 Å². The molecule has 3 aromatic rings. The summed E-state index contributed by atoms with van der Waals surface area (Å²) in [5, 5.41) is 3.13. The van der Waals surface area contributed by atoms with Crippen LogP contribution in [0.4, 0.5) is 18.9 Å². The standard InChI is InChI=1S/C15H14F3N5O3S/c1-8-7-9(2)23-13(19-8)20-14(21-23)27(24,25)22-12-10(15(16,17)18)5-4-6-11(12)26-3/h4-7,22H,1-3H3. The van der Waals surface area contributed by atoms with Crippen molar-refractivity contribution in [2.75, 3.05) is 11.8 Å². The van der Waals surface area contributed by atoms with E-state index in [-0.39, 0.29) is 11.5 Å². The predicted molar refractivity (Wildman–Crippen MR) is 89.1 cm³/mol. The Bertz CT molecular complexity index is 1130. The van der Waals surface area contributed by atoms with E-state index in [1.807, 2.05) is 4.72 Å². The van der Waals surface area contributed by atoms with Crippen LogP contribution in [0.5, 0.6) is 5.75 Å². The van der Waals surface area contributed by atoms with Gasteiger partial charge in [0.15, 0.2) is 0 Å². The molecule has 27 heavy (non-hydrogen) atoms. The Morgan fingerprint density at radius 1 is 1.19 bits per heavy atom. The highest BCUT2D eigenvalue weighted by Crippen LogP contribution is 2.40. The van der Waals surface area contributed by atoms with Gasteiger partial charge in [0.1, 0.15) is 11.4 Å². The molecule has 1 aromatic carbocycles. The minimum Gasteiger partial charge on any atom is -0.495 e. The highest BCUT2D eigenvalue weighted by molar-refractivity contribution is 7.92. The first-order chi connectivity index (χ1) is 12.5. The molecule has 8 nitrogen and oxygen atoms in total. The maximum absolute atomic E-state index is 13.3. The highest BCUT2D eigenvalue weighted by atomic mass is 32.2. The molecule has 2 aromatic heterocycles. The van der Waals surface area contributed by atoms with Crippen LogP contribution in [-0.4, -0.2) is 35.1 Å². The fraction of sp³-hybridized carbons (Fsp3) is 0.267. The maximum atomic E-state index is 13.3. The van der Waals surface area contributed by atoms with Crippen LogP contribution in [0.3, 0.4) is 0 Å². The Morgan fingerprint density at radius 3 is 2.52 bits per heavy atom. The normalized spacial score (nSPS) is 12.4. The SMILES string of the molecule is COc1cccc(C(F)(F)F)c1NS(=O)(=O)c1nc2nc(C)cc(C)n2n1. The Kier molecular flexibility index (Phi) is 4.46. The number of para-hydroxylation sites is 1. The minimum atomic E-state index is -4.80. The first-order valence-electron chi connectivity index (χ1n) is 7.51. The molecule has 0 saturated heterocycles. The van der Waals surface area contributed by atoms with E-state index in [1.165, 1.54) is 10.6 Å². The van der Waals surface area contributed by atoms with Crippen molar-refractivity contribution < 1.29 is 26.3 Å². The van der Waals surface area contributed by atoms with Crippen LogP contribution < -0.4 is 9.46 Å². The molecule has 1 N–H and O–H groups in total. The molecule has 0 spiro atoms. The summed E-state index contributed by atoms with van der Waals surface area (Å²) in [5.41, 5.74) is -0.778. The van der Waals surface area contributed by atoms with Gasteiger partial charge in [-0.3, -0.25) is 4.72 Å². The van der Waals surface area contributed by atoms with E-state index in [1.54, 1.807) is 19.9 Å². The average Bonchev–Trinajstić information content (AvgIpc) is 2.99. The monoisotopic (exact) mass is 401 g/mol. The van der Waals surface area contributed by atoms with Crippen molar-refractivity contribution in [3.8, 4) is 5.75 Å². The number of nitrogens with one attached hydrogen (secondary N) is 1. The van der Waals surface area contributed by atoms with Gasteiger partial charge in [-0.2, -0.15) is 26.6 Å². The van der Waals surface area contributed by atoms with E-state index in [9.17, 15) is 21.6 Å². The number of ether oxygens (including phenoxy) is 1. The quantitative estimate of drug-likeness (QED) is 0.722. The first-order valence-corrected chi connectivity index (χ1v) is 8.99. The van der Waals surface area contributed by atoms with Crippen LogP contribution in [0.1, 0.15) is 17.0 Å². The van der Waals surface area contributed by atoms with Gasteiger partial charge in [-0.25, -0.2) is 9.50 Å². The molecular formula is C15H14F3N5O3S. The van der Waals surface area contributed by atoms with Crippen molar-refractivity contribution in [2.45, 2.75) is 25.2 Å². The Hall–Kier alpha value is -2.89. The molecule has 0 aliphatic heterocycles. The highest BCUT2D eigenvalue weighted by Gasteiger charge is 2.37. The Labute approximate surface area is 152 Å². The number of nitrogens with zero attached hydrogens (tertiary/aromatic N) is 4. The topological polar surface area (TPSA) is 98.5 Å². The number of aryl methyl sites for hydroxylation is 2. The number of hydrogen-bond donors (Lipinski definition) is 1. The van der Waals surface area contributed by atoms with Crippen LogP contribution in [0.25, 0.3) is 5.78 Å². The number of rotatable bonds is 4. The molecule has 0 atom stereocenters. The summed E-state index contributed by atoms with van der Waals surface area (Å²) >= 11 is 0. The van der Waals surface area contributed by atoms with Gasteiger partial charge in [0.05, 0.1) is 12.7 Å². The maximum Gasteiger partial charge on any atom is 0.418 e. The lowest BCUT2D eigenvalue weighted by molar-refractivity contribution is -0.137. The van der Waals surface area contributed by atoms with E-state index < -0.39 is 32.6 Å². The largest absolute Gasteiger partial charge is 0.495 e. The third-order valence-corrected chi connectivity index (χ3v) is 4.75. The van der Waals surface area contributed by atoms with Gasteiger partial charge in [-0.15, -0.1) is 5.10 Å². The number of hydrogen-bond acceptors (Lipinski definition) is 6. The summed E-state index contributed by atoms with van der Waals surface area (Å²) in [7, 11) is -3.40. The molecule has 0 saturated carbocycles. The van der Waals surface area contributed by atoms with Gasteiger partial charge in [-0.1, -0.05) is 6.07 Å². The number of methoxy groups -OCH3 is 1. The second-order valence-electron chi connectivity index (χ2n) is 5.63. The average molecular weight is 401 g/mol. The lowest BCUT2D eigenvalue weighted by atomic mass is 10.1. The molecule has 0 fully saturated rings. The van der Waals surface area contributed by atoms with Gasteiger partial charge in [-0.05, 0) is 32.0 Å². The number of aromatic nitrogens is 4. The van der Waals surface area contributed by atoms with E-state index >= 15 is 0 Å². The Balaban J connectivity index is 2.12. The third kappa shape index (κ3) is 3.52. The van der Waals surface area contributed by atoms with Crippen molar-refractivity contribution >= 4 is 21.5 Å². The van der Waals surface area contributed by atoms with Crippen LogP contribution in [0.15, 0.2) is 29.4 Å². The molecule has 12 heteroatoms. The molecule has 0 aliphatic carbocycles. The molecular weight excluding hydrogens is 387 g/mol. The van der Waals surface area contributed by atoms with Crippen molar-refractivity contribution in [3.05, 3.63) is 41.2 Å². The number of halogens is 3. The van der Waals surface area contributed by atoms with Crippen LogP contribution in [0, 0.1) is 13.8 Å². The predicted octanol–water partition coefficient (Wildman–Crippen LogP) is 2.57. The first kappa shape index (κ1) is 18.9. The van der Waals surface area contributed by atoms with Crippen LogP contribution in [0.2, 0.25) is 0 Å². The summed E-state index contributed by atoms with van der Waals surface area (Å²) < 4.78 is 73.0. The van der Waals surface area contributed by atoms with E-state index in [4.69, 9.17) is 4.74 Å². The van der Waals surface area contributed by atoms with Crippen molar-refractivity contribution in [1.82, 2.24) is 19.6 Å². The number of alkyl halides is 3. The van der Waals surface area contributed by atoms with Gasteiger partial charge in [0.25, 0.3) is 21.0 Å². The molecule has 0 bridgehead atoms. The summed E-state index contributed by atoms with van der Waals surface area (Å²) in [6.45, 7) is 3.36. The molecule has 0 unspecified atom stereocenters. The molecule has 2 heterocycles. The molecule has 3 rings (SSSR count). The lowest BCUT2D eigenvalue weighted by Crippen LogP contribution is -2.19. The van der Waals surface area contributed by atoms with Gasteiger partial charge in [0, 0.05) is 11.4 Å². The fourth-order valence-corrected chi connectivity index (χ4v) is 3.45. The van der Waals surface area contributed by atoms with Gasteiger partial charge in [0.2, 0.25) is 0 Å². The van der Waals surface area contributed by atoms with Crippen LogP contribution in [-0.2, 0) is 16.2 Å². The number of benzene rings is 1. The van der Waals surface area contributed by atoms with Crippen molar-refractivity contribution in [2.24, 2.45) is 0 Å². The van der Waals surface area contributed by atoms with E-state index in [2.05, 4.69) is 15.1 Å². The van der Waals surface area contributed by atoms with Gasteiger partial charge >= 0.3 is 6.18 Å². The smallest absolute Gasteiger partial charge is 0.418 e. The fourth-order valence-electron chi connectivity index (χ4n) is 2.48. The Morgan fingerprint density at radius 2 is 1.89 bits per heavy atom. The molecule has 0 amide bonds. The van der Waals surface area contributed by atoms with Crippen molar-refractivity contribution in [1.29, 1.82) is 0 Å². The van der Waals surface area contributed by atoms with E-state index in [0.717, 1.165) is 19.2 Å². The third-order valence-electron chi connectivity index (χ3n) is 3.63. The lowest BCUT2D eigenvalue weighted by Gasteiger charge is -2.16. The number of anilines is 1. The summed E-state index contributed by atoms with van der Waals surface area (Å²) in [6, 6.07) is 4.72. The molecule has 144 valence electrons. The molecule has 0 radical (unpaired) electrons. The minimum absolute atomic E-state index is 0.0175. The second kappa shape index (κ2) is 6.37. The summed E-state index contributed by atoms with van der Waals surface area (Å²) in [6.07, 6.45) is -4.80. The number of fused-ring (bicyclic) bond motifs is 1. The van der Waals surface area contributed by atoms with Gasteiger partial charge < -0.3 is 4.74 Å². The van der Waals surface area contributed by atoms with Crippen LogP contribution >= 0.6 is 0 Å². The zero-order valence-electron chi connectivity index (χ0n) is 14.4. The summed E-state index contributed by atoms with van der Waals surface area (Å²) in [4.78, 5) is 7.88. The zero-order valence-corrected chi connectivity index (χ0v) is 15.2. The molecule has 0 aliphatic rings. The zero-order chi connectivity index (χ0) is 20.0. The number of sulfonamides is 1. The summed E-state index contributed by atoms with van der Waals surface area (Å²) in [5.74, 6) is -0.272. The second-order valence-corrected chi connectivity index (χ2v) is 7.21.